The molecule has 6 heteroatoms. The third kappa shape index (κ3) is 4.43. The summed E-state index contributed by atoms with van der Waals surface area (Å²) < 4.78 is 43.5. The van der Waals surface area contributed by atoms with E-state index in [4.69, 9.17) is 0 Å². The lowest BCUT2D eigenvalue weighted by molar-refractivity contribution is -0.151. The quantitative estimate of drug-likeness (QED) is 0.785. The Labute approximate surface area is 103 Å². The Bertz CT molecular complexity index is 329. The van der Waals surface area contributed by atoms with Gasteiger partial charge < -0.3 is 4.74 Å². The summed E-state index contributed by atoms with van der Waals surface area (Å²) in [5.74, 6) is 0. The molecule has 1 fully saturated rings. The molecule has 0 radical (unpaired) electrons. The molecule has 0 aromatic rings. The molecule has 17 heavy (non-hydrogen) atoms. The van der Waals surface area contributed by atoms with Gasteiger partial charge in [-0.15, -0.1) is 0 Å². The van der Waals surface area contributed by atoms with Gasteiger partial charge in [-0.2, -0.15) is 13.2 Å². The predicted octanol–water partition coefficient (Wildman–Crippen LogP) is 2.93. The van der Waals surface area contributed by atoms with Gasteiger partial charge in [-0.1, -0.05) is 6.92 Å². The highest BCUT2D eigenvalue weighted by molar-refractivity contribution is 7.85. The number of nitrogens with zero attached hydrogens (tertiary/aromatic N) is 1. The normalized spacial score (nSPS) is 26.9. The minimum Gasteiger partial charge on any atom is -0.322 e. The molecular formula is C11H19F2NO2S. The van der Waals surface area contributed by atoms with Crippen LogP contribution in [0.2, 0.25) is 0 Å². The second kappa shape index (κ2) is 5.10. The standard InChI is InChI=1S/C11H19F2NO2S/c1-10(2,3)17(15)14-8-5-11(4,6-8)7-16-9(12)13/h9H,5-7H2,1-4H3. The van der Waals surface area contributed by atoms with E-state index < -0.39 is 17.6 Å². The molecule has 0 aromatic carbocycles. The van der Waals surface area contributed by atoms with Crippen molar-refractivity contribution in [2.75, 3.05) is 6.61 Å². The highest BCUT2D eigenvalue weighted by Crippen LogP contribution is 2.39. The number of ether oxygens (including phenoxy) is 1. The summed E-state index contributed by atoms with van der Waals surface area (Å²) in [6.45, 7) is 4.72. The Hall–Kier alpha value is -0.360. The zero-order valence-corrected chi connectivity index (χ0v) is 11.4. The van der Waals surface area contributed by atoms with Gasteiger partial charge in [-0.3, -0.25) is 0 Å². The fourth-order valence-electron chi connectivity index (χ4n) is 1.62. The van der Waals surface area contributed by atoms with Gasteiger partial charge in [0.05, 0.1) is 11.4 Å². The van der Waals surface area contributed by atoms with Crippen LogP contribution in [-0.2, 0) is 15.7 Å². The number of hydrogen-bond acceptors (Lipinski definition) is 2. The molecule has 0 aromatic heterocycles. The van der Waals surface area contributed by atoms with Crippen molar-refractivity contribution < 1.29 is 17.7 Å². The molecule has 0 N–H and O–H groups in total. The van der Waals surface area contributed by atoms with Crippen LogP contribution >= 0.6 is 0 Å². The minimum absolute atomic E-state index is 0.0197. The fourth-order valence-corrected chi connectivity index (χ4v) is 2.26. The second-order valence-electron chi connectivity index (χ2n) is 5.75. The van der Waals surface area contributed by atoms with E-state index in [1.54, 1.807) is 0 Å². The molecule has 0 amide bonds. The zero-order chi connectivity index (χ0) is 13.3. The third-order valence-corrected chi connectivity index (χ3v) is 4.03. The maximum atomic E-state index is 11.9. The highest BCUT2D eigenvalue weighted by Gasteiger charge is 2.39. The van der Waals surface area contributed by atoms with Crippen LogP contribution in [-0.4, -0.2) is 27.9 Å². The number of rotatable bonds is 4. The summed E-state index contributed by atoms with van der Waals surface area (Å²) in [7, 11) is -1.26. The van der Waals surface area contributed by atoms with Gasteiger partial charge in [0.15, 0.2) is 0 Å². The SMILES string of the molecule is CC1(COC(F)F)CC(=NS(=O)C(C)(C)C)C1. The molecule has 1 saturated carbocycles. The van der Waals surface area contributed by atoms with E-state index in [1.165, 1.54) is 0 Å². The van der Waals surface area contributed by atoms with E-state index in [2.05, 4.69) is 9.13 Å². The van der Waals surface area contributed by atoms with Crippen molar-refractivity contribution in [1.29, 1.82) is 0 Å². The van der Waals surface area contributed by atoms with Gasteiger partial charge in [0.1, 0.15) is 11.0 Å². The van der Waals surface area contributed by atoms with Crippen molar-refractivity contribution in [2.24, 2.45) is 9.81 Å². The van der Waals surface area contributed by atoms with Crippen molar-refractivity contribution in [3.8, 4) is 0 Å². The number of hydrogen-bond donors (Lipinski definition) is 0. The first-order valence-electron chi connectivity index (χ1n) is 5.51. The van der Waals surface area contributed by atoms with Crippen LogP contribution in [0.5, 0.6) is 0 Å². The molecule has 3 nitrogen and oxygen atoms in total. The molecule has 0 bridgehead atoms. The Morgan fingerprint density at radius 1 is 1.47 bits per heavy atom. The van der Waals surface area contributed by atoms with E-state index in [0.717, 1.165) is 5.71 Å². The highest BCUT2D eigenvalue weighted by atomic mass is 32.2. The second-order valence-corrected chi connectivity index (χ2v) is 7.66. The van der Waals surface area contributed by atoms with Crippen molar-refractivity contribution in [3.05, 3.63) is 0 Å². The topological polar surface area (TPSA) is 38.7 Å². The fraction of sp³-hybridized carbons (Fsp3) is 0.909. The molecule has 1 rings (SSSR count). The molecule has 1 aliphatic carbocycles. The average molecular weight is 267 g/mol. The lowest BCUT2D eigenvalue weighted by Crippen LogP contribution is -2.40. The maximum Gasteiger partial charge on any atom is 0.345 e. The summed E-state index contributed by atoms with van der Waals surface area (Å²) in [5.41, 5.74) is 0.552. The van der Waals surface area contributed by atoms with E-state index in [0.29, 0.717) is 12.8 Å². The average Bonchev–Trinajstić information content (AvgIpc) is 2.10. The van der Waals surface area contributed by atoms with Crippen LogP contribution in [0.15, 0.2) is 4.40 Å². The molecule has 1 aliphatic rings. The summed E-state index contributed by atoms with van der Waals surface area (Å²) in [6.07, 6.45) is 1.17. The molecule has 0 saturated heterocycles. The van der Waals surface area contributed by atoms with Gasteiger partial charge in [0.25, 0.3) is 0 Å². The molecule has 1 unspecified atom stereocenters. The minimum atomic E-state index is -2.73. The van der Waals surface area contributed by atoms with E-state index in [1.807, 2.05) is 27.7 Å². The first-order chi connectivity index (χ1) is 7.62. The van der Waals surface area contributed by atoms with Crippen LogP contribution < -0.4 is 0 Å². The van der Waals surface area contributed by atoms with Crippen molar-refractivity contribution in [1.82, 2.24) is 0 Å². The van der Waals surface area contributed by atoms with Gasteiger partial charge in [0.2, 0.25) is 0 Å². The summed E-state index contributed by atoms with van der Waals surface area (Å²) in [6, 6.07) is 0. The molecule has 0 spiro atoms. The molecule has 100 valence electrons. The predicted molar refractivity (Wildman–Crippen MR) is 64.6 cm³/mol. The van der Waals surface area contributed by atoms with Crippen LogP contribution in [0, 0.1) is 5.41 Å². The smallest absolute Gasteiger partial charge is 0.322 e. The third-order valence-electron chi connectivity index (χ3n) is 2.56. The summed E-state index contributed by atoms with van der Waals surface area (Å²) in [5, 5.41) is 0. The number of halogens is 2. The zero-order valence-electron chi connectivity index (χ0n) is 10.6. The van der Waals surface area contributed by atoms with Crippen LogP contribution in [0.3, 0.4) is 0 Å². The Morgan fingerprint density at radius 2 is 2.00 bits per heavy atom. The van der Waals surface area contributed by atoms with Crippen LogP contribution in [0.25, 0.3) is 0 Å². The van der Waals surface area contributed by atoms with Gasteiger partial charge >= 0.3 is 6.61 Å². The number of alkyl halides is 2. The first-order valence-corrected chi connectivity index (χ1v) is 6.61. The lowest BCUT2D eigenvalue weighted by atomic mass is 9.70. The van der Waals surface area contributed by atoms with Crippen molar-refractivity contribution in [3.63, 3.8) is 0 Å². The summed E-state index contributed by atoms with van der Waals surface area (Å²) in [4.78, 5) is 0. The Morgan fingerprint density at radius 3 is 2.41 bits per heavy atom. The Balaban J connectivity index is 2.45. The lowest BCUT2D eigenvalue weighted by Gasteiger charge is -2.39. The monoisotopic (exact) mass is 267 g/mol. The van der Waals surface area contributed by atoms with Gasteiger partial charge in [-0.25, -0.2) is 4.21 Å². The van der Waals surface area contributed by atoms with Gasteiger partial charge in [0, 0.05) is 11.1 Å². The van der Waals surface area contributed by atoms with E-state index in [-0.39, 0.29) is 16.8 Å². The maximum absolute atomic E-state index is 11.9. The molecule has 0 heterocycles. The van der Waals surface area contributed by atoms with E-state index >= 15 is 0 Å². The van der Waals surface area contributed by atoms with Crippen molar-refractivity contribution in [2.45, 2.75) is 51.9 Å². The van der Waals surface area contributed by atoms with Crippen LogP contribution in [0.4, 0.5) is 8.78 Å². The molecule has 1 atom stereocenters. The van der Waals surface area contributed by atoms with E-state index in [9.17, 15) is 13.0 Å². The Kier molecular flexibility index (Phi) is 4.41. The van der Waals surface area contributed by atoms with Gasteiger partial charge in [-0.05, 0) is 33.6 Å². The van der Waals surface area contributed by atoms with Crippen molar-refractivity contribution >= 4 is 16.7 Å². The first kappa shape index (κ1) is 14.7. The van der Waals surface area contributed by atoms with Crippen LogP contribution in [0.1, 0.15) is 40.5 Å². The molecular weight excluding hydrogens is 248 g/mol. The summed E-state index contributed by atoms with van der Waals surface area (Å²) >= 11 is 0. The molecule has 0 aliphatic heterocycles. The largest absolute Gasteiger partial charge is 0.345 e.